The van der Waals surface area contributed by atoms with E-state index >= 15 is 0 Å². The van der Waals surface area contributed by atoms with Crippen LogP contribution in [-0.2, 0) is 0 Å². The van der Waals surface area contributed by atoms with Crippen LogP contribution in [-0.4, -0.2) is 40.2 Å². The second kappa shape index (κ2) is 8.65. The van der Waals surface area contributed by atoms with E-state index in [2.05, 4.69) is 10.2 Å². The standard InChI is InChI=1S/C23H24FN3O3/c1-15(2)29-20-9-5-18(6-10-20)23(28)27-13-11-17(12-14-27)22-26-25-21(30-22)16-3-7-19(24)8-4-16/h3-10,15,17H,11-14H2,1-2H3. The minimum atomic E-state index is -0.308. The number of ether oxygens (including phenoxy) is 1. The number of halogens is 1. The molecular formula is C23H24FN3O3. The number of amides is 1. The van der Waals surface area contributed by atoms with E-state index in [1.165, 1.54) is 12.1 Å². The van der Waals surface area contributed by atoms with Crippen LogP contribution < -0.4 is 4.74 Å². The molecule has 1 amide bonds. The summed E-state index contributed by atoms with van der Waals surface area (Å²) in [7, 11) is 0. The Morgan fingerprint density at radius 2 is 1.73 bits per heavy atom. The Balaban J connectivity index is 1.36. The maximum Gasteiger partial charge on any atom is 0.253 e. The van der Waals surface area contributed by atoms with Crippen LogP contribution in [0.5, 0.6) is 5.75 Å². The number of hydrogen-bond acceptors (Lipinski definition) is 5. The van der Waals surface area contributed by atoms with Crippen molar-refractivity contribution in [2.45, 2.75) is 38.7 Å². The first-order valence-electron chi connectivity index (χ1n) is 10.1. The van der Waals surface area contributed by atoms with E-state index < -0.39 is 0 Å². The van der Waals surface area contributed by atoms with Crippen molar-refractivity contribution >= 4 is 5.91 Å². The predicted octanol–water partition coefficient (Wildman–Crippen LogP) is 4.68. The number of rotatable bonds is 5. The Hall–Kier alpha value is -3.22. The number of nitrogens with zero attached hydrogens (tertiary/aromatic N) is 3. The average molecular weight is 409 g/mol. The molecule has 1 aromatic heterocycles. The lowest BCUT2D eigenvalue weighted by Gasteiger charge is -2.30. The van der Waals surface area contributed by atoms with Gasteiger partial charge in [0.05, 0.1) is 6.10 Å². The Bertz CT molecular complexity index is 991. The number of carbonyl (C=O) groups excluding carboxylic acids is 1. The highest BCUT2D eigenvalue weighted by atomic mass is 19.1. The summed E-state index contributed by atoms with van der Waals surface area (Å²) in [4.78, 5) is 14.6. The Morgan fingerprint density at radius 1 is 1.07 bits per heavy atom. The van der Waals surface area contributed by atoms with Gasteiger partial charge in [0.15, 0.2) is 0 Å². The third-order valence-corrected chi connectivity index (χ3v) is 5.14. The van der Waals surface area contributed by atoms with Gasteiger partial charge in [-0.3, -0.25) is 4.79 Å². The topological polar surface area (TPSA) is 68.5 Å². The zero-order chi connectivity index (χ0) is 21.1. The van der Waals surface area contributed by atoms with E-state index in [1.54, 1.807) is 24.3 Å². The average Bonchev–Trinajstić information content (AvgIpc) is 3.24. The molecule has 1 fully saturated rings. The molecule has 0 radical (unpaired) electrons. The molecule has 30 heavy (non-hydrogen) atoms. The van der Waals surface area contributed by atoms with Crippen LogP contribution in [0.3, 0.4) is 0 Å². The lowest BCUT2D eigenvalue weighted by molar-refractivity contribution is 0.0706. The van der Waals surface area contributed by atoms with E-state index in [1.807, 2.05) is 30.9 Å². The van der Waals surface area contributed by atoms with Gasteiger partial charge >= 0.3 is 0 Å². The van der Waals surface area contributed by atoms with Crippen LogP contribution in [0, 0.1) is 5.82 Å². The molecule has 2 heterocycles. The van der Waals surface area contributed by atoms with Crippen molar-refractivity contribution in [3.05, 3.63) is 65.8 Å². The summed E-state index contributed by atoms with van der Waals surface area (Å²) >= 11 is 0. The molecule has 156 valence electrons. The molecule has 1 saturated heterocycles. The Labute approximate surface area is 174 Å². The van der Waals surface area contributed by atoms with Gasteiger partial charge in [0.1, 0.15) is 11.6 Å². The van der Waals surface area contributed by atoms with Crippen LogP contribution in [0.15, 0.2) is 52.9 Å². The van der Waals surface area contributed by atoms with Gasteiger partial charge in [-0.25, -0.2) is 4.39 Å². The van der Waals surface area contributed by atoms with E-state index in [4.69, 9.17) is 9.15 Å². The summed E-state index contributed by atoms with van der Waals surface area (Å²) in [6.45, 7) is 5.19. The highest BCUT2D eigenvalue weighted by Crippen LogP contribution is 2.30. The van der Waals surface area contributed by atoms with Gasteiger partial charge in [-0.2, -0.15) is 0 Å². The minimum absolute atomic E-state index is 0.0158. The zero-order valence-corrected chi connectivity index (χ0v) is 17.0. The molecule has 2 aromatic carbocycles. The molecule has 7 heteroatoms. The van der Waals surface area contributed by atoms with Gasteiger partial charge in [-0.05, 0) is 75.2 Å². The molecular weight excluding hydrogens is 385 g/mol. The van der Waals surface area contributed by atoms with Gasteiger partial charge in [0.2, 0.25) is 11.8 Å². The number of carbonyl (C=O) groups is 1. The van der Waals surface area contributed by atoms with Crippen molar-refractivity contribution in [3.63, 3.8) is 0 Å². The third kappa shape index (κ3) is 4.50. The first-order chi connectivity index (χ1) is 14.5. The van der Waals surface area contributed by atoms with Gasteiger partial charge < -0.3 is 14.1 Å². The quantitative estimate of drug-likeness (QED) is 0.612. The van der Waals surface area contributed by atoms with Crippen LogP contribution in [0.1, 0.15) is 48.9 Å². The predicted molar refractivity (Wildman–Crippen MR) is 110 cm³/mol. The first-order valence-corrected chi connectivity index (χ1v) is 10.1. The molecule has 0 bridgehead atoms. The smallest absolute Gasteiger partial charge is 0.253 e. The molecule has 0 unspecified atom stereocenters. The number of piperidine rings is 1. The summed E-state index contributed by atoms with van der Waals surface area (Å²) in [6.07, 6.45) is 1.61. The third-order valence-electron chi connectivity index (χ3n) is 5.14. The highest BCUT2D eigenvalue weighted by Gasteiger charge is 2.28. The Morgan fingerprint density at radius 3 is 2.37 bits per heavy atom. The molecule has 4 rings (SSSR count). The molecule has 1 aliphatic rings. The maximum absolute atomic E-state index is 13.1. The summed E-state index contributed by atoms with van der Waals surface area (Å²) < 4.78 is 24.5. The lowest BCUT2D eigenvalue weighted by atomic mass is 9.96. The molecule has 3 aromatic rings. The van der Waals surface area contributed by atoms with Gasteiger partial charge in [0.25, 0.3) is 5.91 Å². The largest absolute Gasteiger partial charge is 0.491 e. The zero-order valence-electron chi connectivity index (χ0n) is 17.0. The number of aromatic nitrogens is 2. The van der Waals surface area contributed by atoms with Gasteiger partial charge in [-0.1, -0.05) is 0 Å². The molecule has 6 nitrogen and oxygen atoms in total. The normalized spacial score (nSPS) is 14.9. The highest BCUT2D eigenvalue weighted by molar-refractivity contribution is 5.94. The van der Waals surface area contributed by atoms with Crippen LogP contribution >= 0.6 is 0 Å². The fraction of sp³-hybridized carbons (Fsp3) is 0.348. The van der Waals surface area contributed by atoms with E-state index in [0.717, 1.165) is 18.6 Å². The second-order valence-electron chi connectivity index (χ2n) is 7.71. The summed E-state index contributed by atoms with van der Waals surface area (Å²) in [6, 6.07) is 13.2. The molecule has 0 aliphatic carbocycles. The van der Waals surface area contributed by atoms with E-state index in [0.29, 0.717) is 36.0 Å². The molecule has 0 spiro atoms. The summed E-state index contributed by atoms with van der Waals surface area (Å²) in [5, 5.41) is 8.26. The summed E-state index contributed by atoms with van der Waals surface area (Å²) in [5.74, 6) is 1.52. The van der Waals surface area contributed by atoms with Crippen molar-refractivity contribution in [2.75, 3.05) is 13.1 Å². The van der Waals surface area contributed by atoms with Crippen LogP contribution in [0.2, 0.25) is 0 Å². The summed E-state index contributed by atoms with van der Waals surface area (Å²) in [5.41, 5.74) is 1.34. The number of likely N-dealkylation sites (tertiary alicyclic amines) is 1. The molecule has 0 N–H and O–H groups in total. The molecule has 0 saturated carbocycles. The maximum atomic E-state index is 13.1. The first kappa shape index (κ1) is 20.1. The number of hydrogen-bond donors (Lipinski definition) is 0. The van der Waals surface area contributed by atoms with Crippen molar-refractivity contribution in [2.24, 2.45) is 0 Å². The monoisotopic (exact) mass is 409 g/mol. The van der Waals surface area contributed by atoms with Gasteiger partial charge in [0, 0.05) is 30.1 Å². The molecule has 1 aliphatic heterocycles. The fourth-order valence-corrected chi connectivity index (χ4v) is 3.57. The molecule has 0 atom stereocenters. The van der Waals surface area contributed by atoms with Crippen LogP contribution in [0.25, 0.3) is 11.5 Å². The van der Waals surface area contributed by atoms with E-state index in [9.17, 15) is 9.18 Å². The van der Waals surface area contributed by atoms with Crippen molar-refractivity contribution in [3.8, 4) is 17.2 Å². The van der Waals surface area contributed by atoms with Crippen molar-refractivity contribution in [1.82, 2.24) is 15.1 Å². The van der Waals surface area contributed by atoms with Crippen LogP contribution in [0.4, 0.5) is 4.39 Å². The lowest BCUT2D eigenvalue weighted by Crippen LogP contribution is -2.38. The van der Waals surface area contributed by atoms with E-state index in [-0.39, 0.29) is 23.7 Å². The van der Waals surface area contributed by atoms with Gasteiger partial charge in [-0.15, -0.1) is 10.2 Å². The Kier molecular flexibility index (Phi) is 5.79. The van der Waals surface area contributed by atoms with Crippen molar-refractivity contribution in [1.29, 1.82) is 0 Å². The van der Waals surface area contributed by atoms with Crippen molar-refractivity contribution < 1.29 is 18.3 Å². The fourth-order valence-electron chi connectivity index (χ4n) is 3.57. The number of benzene rings is 2. The second-order valence-corrected chi connectivity index (χ2v) is 7.71. The minimum Gasteiger partial charge on any atom is -0.491 e. The SMILES string of the molecule is CC(C)Oc1ccc(C(=O)N2CCC(c3nnc(-c4ccc(F)cc4)o3)CC2)cc1.